The number of rotatable bonds is 5. The smallest absolute Gasteiger partial charge is 0.0639 e. The van der Waals surface area contributed by atoms with E-state index in [9.17, 15) is 5.11 Å². The maximum Gasteiger partial charge on any atom is 0.0639 e. The van der Waals surface area contributed by atoms with Crippen molar-refractivity contribution in [2.45, 2.75) is 50.5 Å². The van der Waals surface area contributed by atoms with Crippen LogP contribution in [0, 0.1) is 5.92 Å². The molecule has 1 aliphatic carbocycles. The zero-order chi connectivity index (χ0) is 12.8. The van der Waals surface area contributed by atoms with Crippen LogP contribution in [0.25, 0.3) is 0 Å². The molecule has 98 valence electrons. The Bertz CT molecular complexity index is 351. The van der Waals surface area contributed by atoms with Crippen molar-refractivity contribution in [1.29, 1.82) is 0 Å². The third-order valence-electron chi connectivity index (χ3n) is 4.19. The second-order valence-electron chi connectivity index (χ2n) is 5.43. The first kappa shape index (κ1) is 13.4. The third kappa shape index (κ3) is 3.23. The van der Waals surface area contributed by atoms with E-state index in [1.165, 1.54) is 37.7 Å². The Morgan fingerprint density at radius 1 is 1.17 bits per heavy atom. The van der Waals surface area contributed by atoms with Crippen molar-refractivity contribution >= 4 is 0 Å². The third-order valence-corrected chi connectivity index (χ3v) is 4.19. The molecule has 1 N–H and O–H groups in total. The summed E-state index contributed by atoms with van der Waals surface area (Å²) in [4.78, 5) is 0. The van der Waals surface area contributed by atoms with Crippen molar-refractivity contribution < 1.29 is 5.11 Å². The first-order valence-electron chi connectivity index (χ1n) is 7.17. The predicted octanol–water partition coefficient (Wildman–Crippen LogP) is 4.29. The highest BCUT2D eigenvalue weighted by Crippen LogP contribution is 2.35. The molecule has 0 bridgehead atoms. The quantitative estimate of drug-likeness (QED) is 0.766. The molecule has 18 heavy (non-hydrogen) atoms. The predicted molar refractivity (Wildman–Crippen MR) is 76.6 cm³/mol. The molecular weight excluding hydrogens is 220 g/mol. The number of aliphatic hydroxyl groups is 1. The van der Waals surface area contributed by atoms with Crippen molar-refractivity contribution in [2.24, 2.45) is 5.92 Å². The summed E-state index contributed by atoms with van der Waals surface area (Å²) < 4.78 is 0. The maximum atomic E-state index is 10.7. The van der Waals surface area contributed by atoms with Crippen LogP contribution in [0.15, 0.2) is 43.0 Å². The largest absolute Gasteiger partial charge is 0.392 e. The van der Waals surface area contributed by atoms with Gasteiger partial charge in [0.2, 0.25) is 0 Å². The standard InChI is InChI=1S/C17H24O/c1-2-9-16(14-10-5-3-6-11-14)17(18)15-12-7-4-8-13-15/h2-3,5-6,10-11,15-18H,1,4,7-9,12-13H2. The van der Waals surface area contributed by atoms with Gasteiger partial charge in [0.1, 0.15) is 0 Å². The number of hydrogen-bond acceptors (Lipinski definition) is 1. The van der Waals surface area contributed by atoms with Crippen LogP contribution in [0.5, 0.6) is 0 Å². The lowest BCUT2D eigenvalue weighted by molar-refractivity contribution is 0.0608. The summed E-state index contributed by atoms with van der Waals surface area (Å²) in [5, 5.41) is 10.7. The van der Waals surface area contributed by atoms with Gasteiger partial charge >= 0.3 is 0 Å². The Morgan fingerprint density at radius 2 is 1.83 bits per heavy atom. The Kier molecular flexibility index (Phi) is 5.00. The molecule has 0 spiro atoms. The molecule has 2 unspecified atom stereocenters. The minimum atomic E-state index is -0.217. The number of aliphatic hydroxyl groups excluding tert-OH is 1. The lowest BCUT2D eigenvalue weighted by Gasteiger charge is -2.32. The summed E-state index contributed by atoms with van der Waals surface area (Å²) in [5.41, 5.74) is 1.25. The second kappa shape index (κ2) is 6.75. The Hall–Kier alpha value is -1.08. The average Bonchev–Trinajstić information content (AvgIpc) is 2.46. The van der Waals surface area contributed by atoms with Crippen LogP contribution < -0.4 is 0 Å². The number of hydrogen-bond donors (Lipinski definition) is 1. The minimum Gasteiger partial charge on any atom is -0.392 e. The van der Waals surface area contributed by atoms with Crippen molar-refractivity contribution in [3.63, 3.8) is 0 Å². The van der Waals surface area contributed by atoms with Gasteiger partial charge in [0, 0.05) is 5.92 Å². The van der Waals surface area contributed by atoms with E-state index in [2.05, 4.69) is 30.8 Å². The molecule has 0 radical (unpaired) electrons. The molecule has 1 aliphatic rings. The topological polar surface area (TPSA) is 20.2 Å². The van der Waals surface area contributed by atoms with Crippen molar-refractivity contribution in [2.75, 3.05) is 0 Å². The van der Waals surface area contributed by atoms with Gasteiger partial charge in [-0.25, -0.2) is 0 Å². The lowest BCUT2D eigenvalue weighted by Crippen LogP contribution is -2.29. The molecule has 0 aliphatic heterocycles. The Balaban J connectivity index is 2.11. The summed E-state index contributed by atoms with van der Waals surface area (Å²) in [6, 6.07) is 10.4. The van der Waals surface area contributed by atoms with Gasteiger partial charge in [0.15, 0.2) is 0 Å². The highest BCUT2D eigenvalue weighted by molar-refractivity contribution is 5.21. The van der Waals surface area contributed by atoms with Gasteiger partial charge in [-0.15, -0.1) is 6.58 Å². The van der Waals surface area contributed by atoms with Gasteiger partial charge < -0.3 is 5.11 Å². The van der Waals surface area contributed by atoms with Gasteiger partial charge in [-0.1, -0.05) is 55.7 Å². The molecule has 1 aromatic rings. The summed E-state index contributed by atoms with van der Waals surface area (Å²) in [6.07, 6.45) is 8.83. The molecule has 0 heterocycles. The summed E-state index contributed by atoms with van der Waals surface area (Å²) in [6.45, 7) is 3.84. The first-order valence-corrected chi connectivity index (χ1v) is 7.17. The monoisotopic (exact) mass is 244 g/mol. The molecule has 1 fully saturated rings. The Labute approximate surface area is 111 Å². The summed E-state index contributed by atoms with van der Waals surface area (Å²) >= 11 is 0. The fourth-order valence-corrected chi connectivity index (χ4v) is 3.16. The van der Waals surface area contributed by atoms with Crippen LogP contribution in [-0.4, -0.2) is 11.2 Å². The van der Waals surface area contributed by atoms with Crippen LogP contribution in [0.4, 0.5) is 0 Å². The maximum absolute atomic E-state index is 10.7. The van der Waals surface area contributed by atoms with Crippen LogP contribution in [0.2, 0.25) is 0 Å². The highest BCUT2D eigenvalue weighted by atomic mass is 16.3. The normalized spacial score (nSPS) is 20.3. The van der Waals surface area contributed by atoms with E-state index in [-0.39, 0.29) is 12.0 Å². The average molecular weight is 244 g/mol. The zero-order valence-corrected chi connectivity index (χ0v) is 11.1. The van der Waals surface area contributed by atoms with Crippen LogP contribution in [0.3, 0.4) is 0 Å². The molecule has 1 nitrogen and oxygen atoms in total. The van der Waals surface area contributed by atoms with E-state index < -0.39 is 0 Å². The molecule has 2 rings (SSSR count). The van der Waals surface area contributed by atoms with E-state index in [4.69, 9.17) is 0 Å². The van der Waals surface area contributed by atoms with Crippen LogP contribution in [-0.2, 0) is 0 Å². The van der Waals surface area contributed by atoms with Crippen molar-refractivity contribution in [1.82, 2.24) is 0 Å². The number of allylic oxidation sites excluding steroid dienone is 1. The molecule has 0 saturated heterocycles. The molecule has 1 saturated carbocycles. The van der Waals surface area contributed by atoms with Crippen LogP contribution >= 0.6 is 0 Å². The van der Waals surface area contributed by atoms with Crippen molar-refractivity contribution in [3.8, 4) is 0 Å². The van der Waals surface area contributed by atoms with Gasteiger partial charge in [-0.2, -0.15) is 0 Å². The van der Waals surface area contributed by atoms with Gasteiger partial charge in [0.05, 0.1) is 6.10 Å². The molecule has 2 atom stereocenters. The van der Waals surface area contributed by atoms with E-state index in [0.29, 0.717) is 5.92 Å². The zero-order valence-electron chi connectivity index (χ0n) is 11.1. The molecule has 0 aromatic heterocycles. The Morgan fingerprint density at radius 3 is 2.44 bits per heavy atom. The van der Waals surface area contributed by atoms with Gasteiger partial charge in [-0.05, 0) is 30.7 Å². The fraction of sp³-hybridized carbons (Fsp3) is 0.529. The number of benzene rings is 1. The lowest BCUT2D eigenvalue weighted by atomic mass is 9.77. The molecule has 1 aromatic carbocycles. The van der Waals surface area contributed by atoms with E-state index in [0.717, 1.165) is 6.42 Å². The van der Waals surface area contributed by atoms with Crippen LogP contribution in [0.1, 0.15) is 50.0 Å². The molecule has 0 amide bonds. The van der Waals surface area contributed by atoms with Gasteiger partial charge in [0.25, 0.3) is 0 Å². The van der Waals surface area contributed by atoms with Gasteiger partial charge in [-0.3, -0.25) is 0 Å². The second-order valence-corrected chi connectivity index (χ2v) is 5.43. The van der Waals surface area contributed by atoms with E-state index in [1.54, 1.807) is 0 Å². The highest BCUT2D eigenvalue weighted by Gasteiger charge is 2.28. The van der Waals surface area contributed by atoms with E-state index in [1.807, 2.05) is 12.1 Å². The minimum absolute atomic E-state index is 0.215. The first-order chi connectivity index (χ1) is 8.83. The fourth-order valence-electron chi connectivity index (χ4n) is 3.16. The molecule has 1 heteroatoms. The molecular formula is C17H24O. The summed E-state index contributed by atoms with van der Waals surface area (Å²) in [7, 11) is 0. The SMILES string of the molecule is C=CCC(c1ccccc1)C(O)C1CCCCC1. The van der Waals surface area contributed by atoms with E-state index >= 15 is 0 Å². The van der Waals surface area contributed by atoms with Crippen molar-refractivity contribution in [3.05, 3.63) is 48.6 Å². The summed E-state index contributed by atoms with van der Waals surface area (Å²) in [5.74, 6) is 0.690.